The van der Waals surface area contributed by atoms with Gasteiger partial charge in [0.05, 0.1) is 22.1 Å². The maximum absolute atomic E-state index is 6.60. The average Bonchev–Trinajstić information content (AvgIpc) is 4.09. The number of para-hydroxylation sites is 3. The molecule has 4 aromatic heterocycles. The molecule has 9 aromatic carbocycles. The van der Waals surface area contributed by atoms with Gasteiger partial charge >= 0.3 is 0 Å². The lowest BCUT2D eigenvalue weighted by Crippen LogP contribution is -2.14. The molecule has 66 heavy (non-hydrogen) atoms. The normalized spacial score (nSPS) is 13.1. The van der Waals surface area contributed by atoms with E-state index in [9.17, 15) is 0 Å². The molecule has 0 saturated carbocycles. The predicted octanol–water partition coefficient (Wildman–Crippen LogP) is 15.3. The van der Waals surface area contributed by atoms with Crippen LogP contribution in [0.15, 0.2) is 205 Å². The standard InChI is InChI=1S/C60H39N5O/c1-60(2)47-22-10-6-20-45(47)55-48(60)34-33-44-43-19-9-11-23-49(43)64(56(44)55)39-30-27-37(28-31-39)57-61-58(63-59(62-57)65-50-24-12-7-17-41(50)42-18-8-13-25-51(42)65)38-29-32-46-53(35-38)66-52-26-14-21-40(54(46)52)36-15-4-3-5-16-36/h3-35H,1-2H3. The molecule has 6 heteroatoms. The molecule has 0 unspecified atom stereocenters. The van der Waals surface area contributed by atoms with Crippen molar-refractivity contribution in [1.82, 2.24) is 24.1 Å². The highest BCUT2D eigenvalue weighted by molar-refractivity contribution is 6.16. The van der Waals surface area contributed by atoms with Crippen molar-refractivity contribution in [2.24, 2.45) is 0 Å². The SMILES string of the molecule is CC1(C)c2ccccc2-c2c1ccc1c3ccccc3n(-c3ccc(-c4nc(-c5ccc6c(c5)oc5cccc(-c7ccccc7)c56)nc(-n5c6ccccc6c6ccccc65)n4)cc3)c21. The largest absolute Gasteiger partial charge is 0.456 e. The fourth-order valence-electron chi connectivity index (χ4n) is 11.0. The lowest BCUT2D eigenvalue weighted by molar-refractivity contribution is 0.661. The van der Waals surface area contributed by atoms with E-state index < -0.39 is 0 Å². The first kappa shape index (κ1) is 36.8. The van der Waals surface area contributed by atoms with Gasteiger partial charge < -0.3 is 8.98 Å². The van der Waals surface area contributed by atoms with Gasteiger partial charge in [-0.05, 0) is 88.5 Å². The van der Waals surface area contributed by atoms with Crippen LogP contribution in [0.3, 0.4) is 0 Å². The first-order valence-electron chi connectivity index (χ1n) is 22.5. The first-order chi connectivity index (χ1) is 32.5. The minimum atomic E-state index is -0.115. The van der Waals surface area contributed by atoms with Gasteiger partial charge in [0.15, 0.2) is 11.6 Å². The molecule has 4 heterocycles. The lowest BCUT2D eigenvalue weighted by atomic mass is 9.82. The molecule has 1 aliphatic rings. The zero-order valence-electron chi connectivity index (χ0n) is 36.2. The zero-order chi connectivity index (χ0) is 43.7. The van der Waals surface area contributed by atoms with Crippen LogP contribution in [0.4, 0.5) is 0 Å². The Kier molecular flexibility index (Phi) is 7.64. The van der Waals surface area contributed by atoms with Gasteiger partial charge in [-0.3, -0.25) is 4.57 Å². The lowest BCUT2D eigenvalue weighted by Gasteiger charge is -2.21. The van der Waals surface area contributed by atoms with Crippen molar-refractivity contribution in [2.45, 2.75) is 19.3 Å². The molecular formula is C60H39N5O. The molecule has 0 spiro atoms. The van der Waals surface area contributed by atoms with Gasteiger partial charge in [-0.2, -0.15) is 9.97 Å². The molecule has 310 valence electrons. The van der Waals surface area contributed by atoms with Gasteiger partial charge in [-0.25, -0.2) is 4.98 Å². The van der Waals surface area contributed by atoms with E-state index in [1.54, 1.807) is 0 Å². The van der Waals surface area contributed by atoms with Gasteiger partial charge in [0.2, 0.25) is 5.95 Å². The summed E-state index contributed by atoms with van der Waals surface area (Å²) in [4.78, 5) is 15.9. The van der Waals surface area contributed by atoms with Crippen LogP contribution in [-0.4, -0.2) is 24.1 Å². The Hall–Kier alpha value is -8.61. The van der Waals surface area contributed by atoms with E-state index >= 15 is 0 Å². The number of aromatic nitrogens is 5. The van der Waals surface area contributed by atoms with Crippen LogP contribution in [-0.2, 0) is 5.41 Å². The Morgan fingerprint density at radius 3 is 1.74 bits per heavy atom. The van der Waals surface area contributed by atoms with E-state index in [1.807, 2.05) is 12.1 Å². The van der Waals surface area contributed by atoms with Crippen molar-refractivity contribution < 1.29 is 4.42 Å². The van der Waals surface area contributed by atoms with Crippen molar-refractivity contribution >= 4 is 65.6 Å². The monoisotopic (exact) mass is 845 g/mol. The summed E-state index contributed by atoms with van der Waals surface area (Å²) in [6.45, 7) is 4.69. The molecule has 0 fully saturated rings. The van der Waals surface area contributed by atoms with Gasteiger partial charge in [-0.1, -0.05) is 153 Å². The highest BCUT2D eigenvalue weighted by atomic mass is 16.3. The van der Waals surface area contributed by atoms with Crippen LogP contribution in [0.25, 0.3) is 122 Å². The van der Waals surface area contributed by atoms with E-state index in [4.69, 9.17) is 19.4 Å². The predicted molar refractivity (Wildman–Crippen MR) is 270 cm³/mol. The second kappa shape index (κ2) is 13.7. The van der Waals surface area contributed by atoms with E-state index in [0.29, 0.717) is 17.6 Å². The molecule has 14 rings (SSSR count). The van der Waals surface area contributed by atoms with Crippen molar-refractivity contribution in [3.8, 4) is 56.7 Å². The summed E-state index contributed by atoms with van der Waals surface area (Å²) < 4.78 is 11.2. The summed E-state index contributed by atoms with van der Waals surface area (Å²) in [6, 6.07) is 71.0. The van der Waals surface area contributed by atoms with Crippen LogP contribution in [0.5, 0.6) is 0 Å². The minimum absolute atomic E-state index is 0.115. The fraction of sp³-hybridized carbons (Fsp3) is 0.0500. The van der Waals surface area contributed by atoms with Crippen LogP contribution in [0.1, 0.15) is 25.0 Å². The third-order valence-corrected chi connectivity index (χ3v) is 14.0. The van der Waals surface area contributed by atoms with Crippen LogP contribution in [0.2, 0.25) is 0 Å². The summed E-state index contributed by atoms with van der Waals surface area (Å²) in [5.41, 5.74) is 16.4. The van der Waals surface area contributed by atoms with Gasteiger partial charge in [0.25, 0.3) is 0 Å². The summed E-state index contributed by atoms with van der Waals surface area (Å²) in [5.74, 6) is 1.69. The number of rotatable bonds is 5. The Morgan fingerprint density at radius 2 is 1.00 bits per heavy atom. The fourth-order valence-corrected chi connectivity index (χ4v) is 11.0. The van der Waals surface area contributed by atoms with E-state index in [-0.39, 0.29) is 5.41 Å². The quantitative estimate of drug-likeness (QED) is 0.173. The number of nitrogens with zero attached hydrogens (tertiary/aromatic N) is 5. The van der Waals surface area contributed by atoms with Crippen molar-refractivity contribution in [3.63, 3.8) is 0 Å². The Morgan fingerprint density at radius 1 is 0.409 bits per heavy atom. The summed E-state index contributed by atoms with van der Waals surface area (Å²) in [6.07, 6.45) is 0. The smallest absolute Gasteiger partial charge is 0.238 e. The van der Waals surface area contributed by atoms with Gasteiger partial charge in [-0.15, -0.1) is 0 Å². The third kappa shape index (κ3) is 5.21. The molecule has 1 aliphatic carbocycles. The molecule has 0 N–H and O–H groups in total. The van der Waals surface area contributed by atoms with Gasteiger partial charge in [0.1, 0.15) is 11.2 Å². The van der Waals surface area contributed by atoms with E-state index in [2.05, 4.69) is 211 Å². The van der Waals surface area contributed by atoms with Crippen LogP contribution >= 0.6 is 0 Å². The summed E-state index contributed by atoms with van der Waals surface area (Å²) >= 11 is 0. The van der Waals surface area contributed by atoms with Crippen molar-refractivity contribution in [1.29, 1.82) is 0 Å². The number of hydrogen-bond acceptors (Lipinski definition) is 4. The zero-order valence-corrected chi connectivity index (χ0v) is 36.2. The van der Waals surface area contributed by atoms with Crippen LogP contribution < -0.4 is 0 Å². The Labute approximate surface area is 379 Å². The number of furan rings is 1. The minimum Gasteiger partial charge on any atom is -0.456 e. The Balaban J connectivity index is 0.965. The molecule has 0 saturated heterocycles. The summed E-state index contributed by atoms with van der Waals surface area (Å²) in [5, 5.41) is 6.90. The topological polar surface area (TPSA) is 61.7 Å². The third-order valence-electron chi connectivity index (χ3n) is 14.0. The number of fused-ring (bicyclic) bond motifs is 13. The number of benzene rings is 9. The van der Waals surface area contributed by atoms with Gasteiger partial charge in [0, 0.05) is 60.1 Å². The maximum atomic E-state index is 6.60. The average molecular weight is 846 g/mol. The molecular weight excluding hydrogens is 807 g/mol. The van der Waals surface area contributed by atoms with E-state index in [0.717, 1.165) is 71.7 Å². The molecule has 0 amide bonds. The molecule has 0 atom stereocenters. The molecule has 13 aromatic rings. The van der Waals surface area contributed by atoms with Crippen LogP contribution in [0, 0.1) is 0 Å². The highest BCUT2D eigenvalue weighted by Gasteiger charge is 2.37. The van der Waals surface area contributed by atoms with Crippen molar-refractivity contribution in [2.75, 3.05) is 0 Å². The second-order valence-corrected chi connectivity index (χ2v) is 18.0. The molecule has 0 radical (unpaired) electrons. The summed E-state index contributed by atoms with van der Waals surface area (Å²) in [7, 11) is 0. The van der Waals surface area contributed by atoms with E-state index in [1.165, 1.54) is 44.1 Å². The molecule has 0 bridgehead atoms. The Bertz CT molecular complexity index is 4080. The number of hydrogen-bond donors (Lipinski definition) is 0. The second-order valence-electron chi connectivity index (χ2n) is 18.0. The molecule has 6 nitrogen and oxygen atoms in total. The van der Waals surface area contributed by atoms with Crippen molar-refractivity contribution in [3.05, 3.63) is 211 Å². The first-order valence-corrected chi connectivity index (χ1v) is 22.5. The maximum Gasteiger partial charge on any atom is 0.238 e. The molecule has 0 aliphatic heterocycles. The highest BCUT2D eigenvalue weighted by Crippen LogP contribution is 2.53.